The molecule has 86 valence electrons. The first-order chi connectivity index (χ1) is 7.74. The number of hydrogen-bond acceptors (Lipinski definition) is 2. The van der Waals surface area contributed by atoms with Gasteiger partial charge in [-0.1, -0.05) is 22.0 Å². The molecule has 3 atom stereocenters. The summed E-state index contributed by atoms with van der Waals surface area (Å²) in [7, 11) is 0. The highest BCUT2D eigenvalue weighted by molar-refractivity contribution is 9.10. The van der Waals surface area contributed by atoms with Crippen molar-refractivity contribution in [1.82, 2.24) is 0 Å². The van der Waals surface area contributed by atoms with Crippen LogP contribution in [0.15, 0.2) is 28.7 Å². The van der Waals surface area contributed by atoms with Gasteiger partial charge in [-0.25, -0.2) is 0 Å². The average molecular weight is 281 g/mol. The Morgan fingerprint density at radius 1 is 1.19 bits per heavy atom. The molecule has 2 aliphatic rings. The summed E-state index contributed by atoms with van der Waals surface area (Å²) in [5.74, 6) is 0. The summed E-state index contributed by atoms with van der Waals surface area (Å²) in [6.45, 7) is 0. The largest absolute Gasteiger partial charge is 0.365 e. The normalized spacial score (nSPS) is 33.1. The molecule has 0 aliphatic carbocycles. The lowest BCUT2D eigenvalue weighted by atomic mass is 9.97. The molecule has 0 spiro atoms. The third-order valence-electron chi connectivity index (χ3n) is 3.88. The molecule has 0 saturated carbocycles. The molecule has 1 aromatic rings. The van der Waals surface area contributed by atoms with Gasteiger partial charge < -0.3 is 10.6 Å². The van der Waals surface area contributed by atoms with Crippen molar-refractivity contribution in [2.24, 2.45) is 5.73 Å². The van der Waals surface area contributed by atoms with Gasteiger partial charge in [0.25, 0.3) is 0 Å². The maximum Gasteiger partial charge on any atom is 0.0382 e. The number of nitrogens with two attached hydrogens (primary N) is 1. The van der Waals surface area contributed by atoms with Crippen LogP contribution in [0.5, 0.6) is 0 Å². The van der Waals surface area contributed by atoms with Crippen LogP contribution in [0.3, 0.4) is 0 Å². The zero-order valence-electron chi connectivity index (χ0n) is 9.27. The van der Waals surface area contributed by atoms with Crippen LogP contribution in [-0.4, -0.2) is 18.1 Å². The molecule has 2 bridgehead atoms. The van der Waals surface area contributed by atoms with Gasteiger partial charge in [-0.3, -0.25) is 0 Å². The summed E-state index contributed by atoms with van der Waals surface area (Å²) < 4.78 is 1.17. The number of hydrogen-bond donors (Lipinski definition) is 1. The van der Waals surface area contributed by atoms with Crippen LogP contribution in [0.1, 0.15) is 25.7 Å². The highest BCUT2D eigenvalue weighted by Gasteiger charge is 2.39. The first-order valence-electron chi connectivity index (χ1n) is 6.03. The number of rotatable bonds is 1. The Balaban J connectivity index is 1.91. The van der Waals surface area contributed by atoms with E-state index in [9.17, 15) is 0 Å². The monoisotopic (exact) mass is 280 g/mol. The molecule has 2 fully saturated rings. The number of halogens is 1. The van der Waals surface area contributed by atoms with Gasteiger partial charge in [0.05, 0.1) is 0 Å². The molecule has 2 nitrogen and oxygen atoms in total. The molecule has 2 heterocycles. The third kappa shape index (κ3) is 1.76. The summed E-state index contributed by atoms with van der Waals surface area (Å²) in [5.41, 5.74) is 7.45. The van der Waals surface area contributed by atoms with Crippen molar-refractivity contribution < 1.29 is 0 Å². The van der Waals surface area contributed by atoms with Gasteiger partial charge in [0.1, 0.15) is 0 Å². The quantitative estimate of drug-likeness (QED) is 0.857. The molecule has 0 radical (unpaired) electrons. The summed E-state index contributed by atoms with van der Waals surface area (Å²) in [4.78, 5) is 2.59. The number of fused-ring (bicyclic) bond motifs is 2. The van der Waals surface area contributed by atoms with Crippen molar-refractivity contribution in [3.8, 4) is 0 Å². The molecule has 0 amide bonds. The Hall–Kier alpha value is -0.540. The Morgan fingerprint density at radius 3 is 2.50 bits per heavy atom. The number of piperidine rings is 1. The van der Waals surface area contributed by atoms with E-state index in [4.69, 9.17) is 5.73 Å². The van der Waals surface area contributed by atoms with E-state index in [1.165, 1.54) is 23.0 Å². The highest BCUT2D eigenvalue weighted by atomic mass is 79.9. The molecule has 0 aromatic heterocycles. The smallest absolute Gasteiger partial charge is 0.0382 e. The minimum atomic E-state index is 0.418. The van der Waals surface area contributed by atoms with Crippen LogP contribution in [0.25, 0.3) is 0 Å². The van der Waals surface area contributed by atoms with Crippen LogP contribution in [0.4, 0.5) is 5.69 Å². The molecule has 2 N–H and O–H groups in total. The van der Waals surface area contributed by atoms with E-state index in [0.29, 0.717) is 18.1 Å². The van der Waals surface area contributed by atoms with Gasteiger partial charge in [-0.2, -0.15) is 0 Å². The van der Waals surface area contributed by atoms with Crippen molar-refractivity contribution in [3.63, 3.8) is 0 Å². The predicted molar refractivity (Wildman–Crippen MR) is 70.6 cm³/mol. The fraction of sp³-hybridized carbons (Fsp3) is 0.538. The maximum atomic E-state index is 6.09. The molecular weight excluding hydrogens is 264 g/mol. The Labute approximate surface area is 105 Å². The lowest BCUT2D eigenvalue weighted by Gasteiger charge is -2.39. The van der Waals surface area contributed by atoms with Gasteiger partial charge in [-0.05, 0) is 43.9 Å². The van der Waals surface area contributed by atoms with Crippen molar-refractivity contribution >= 4 is 21.6 Å². The van der Waals surface area contributed by atoms with Crippen molar-refractivity contribution in [2.45, 2.75) is 43.8 Å². The minimum absolute atomic E-state index is 0.418. The van der Waals surface area contributed by atoms with Gasteiger partial charge in [-0.15, -0.1) is 0 Å². The summed E-state index contributed by atoms with van der Waals surface area (Å²) in [5, 5.41) is 0. The molecule has 1 aromatic carbocycles. The topological polar surface area (TPSA) is 29.3 Å². The second-order valence-electron chi connectivity index (χ2n) is 5.00. The third-order valence-corrected chi connectivity index (χ3v) is 4.37. The summed E-state index contributed by atoms with van der Waals surface area (Å²) in [6, 6.07) is 10.4. The van der Waals surface area contributed by atoms with Crippen LogP contribution in [-0.2, 0) is 0 Å². The molecule has 3 heteroatoms. The first kappa shape index (κ1) is 10.6. The molecular formula is C13H17BrN2. The van der Waals surface area contributed by atoms with Crippen LogP contribution in [0, 0.1) is 0 Å². The SMILES string of the molecule is N[C@@H]1C[C@H]2CC[C@@H](C1)N2c1cccc(Br)c1. The molecule has 3 rings (SSSR count). The van der Waals surface area contributed by atoms with Gasteiger partial charge in [0, 0.05) is 28.3 Å². The van der Waals surface area contributed by atoms with E-state index in [0.717, 1.165) is 12.8 Å². The van der Waals surface area contributed by atoms with E-state index >= 15 is 0 Å². The summed E-state index contributed by atoms with van der Waals surface area (Å²) in [6.07, 6.45) is 4.93. The standard InChI is InChI=1S/C13H17BrN2/c14-9-2-1-3-11(6-9)16-12-4-5-13(16)8-10(15)7-12/h1-3,6,10,12-13H,4-5,7-8,15H2/t10-,12-,13+. The highest BCUT2D eigenvalue weighted by Crippen LogP contribution is 2.39. The van der Waals surface area contributed by atoms with Gasteiger partial charge in [0.15, 0.2) is 0 Å². The summed E-state index contributed by atoms with van der Waals surface area (Å²) >= 11 is 3.55. The zero-order chi connectivity index (χ0) is 11.1. The number of nitrogens with zero attached hydrogens (tertiary/aromatic N) is 1. The first-order valence-corrected chi connectivity index (χ1v) is 6.83. The predicted octanol–water partition coefficient (Wildman–Crippen LogP) is 2.91. The van der Waals surface area contributed by atoms with Crippen molar-refractivity contribution in [3.05, 3.63) is 28.7 Å². The fourth-order valence-electron chi connectivity index (χ4n) is 3.28. The van der Waals surface area contributed by atoms with Gasteiger partial charge >= 0.3 is 0 Å². The zero-order valence-corrected chi connectivity index (χ0v) is 10.9. The second-order valence-corrected chi connectivity index (χ2v) is 5.92. The Morgan fingerprint density at radius 2 is 1.88 bits per heavy atom. The van der Waals surface area contributed by atoms with Crippen LogP contribution in [0.2, 0.25) is 0 Å². The maximum absolute atomic E-state index is 6.09. The molecule has 2 aliphatic heterocycles. The van der Waals surface area contributed by atoms with Crippen molar-refractivity contribution in [2.75, 3.05) is 4.90 Å². The van der Waals surface area contributed by atoms with Gasteiger partial charge in [0.2, 0.25) is 0 Å². The molecule has 2 saturated heterocycles. The number of benzene rings is 1. The average Bonchev–Trinajstić information content (AvgIpc) is 2.51. The lowest BCUT2D eigenvalue weighted by Crippen LogP contribution is -2.47. The van der Waals surface area contributed by atoms with E-state index < -0.39 is 0 Å². The lowest BCUT2D eigenvalue weighted by molar-refractivity contribution is 0.414. The number of anilines is 1. The fourth-order valence-corrected chi connectivity index (χ4v) is 3.66. The van der Waals surface area contributed by atoms with Crippen molar-refractivity contribution in [1.29, 1.82) is 0 Å². The molecule has 16 heavy (non-hydrogen) atoms. The Bertz CT molecular complexity index is 379. The van der Waals surface area contributed by atoms with E-state index in [1.807, 2.05) is 0 Å². The second kappa shape index (κ2) is 4.04. The van der Waals surface area contributed by atoms with Crippen LogP contribution >= 0.6 is 15.9 Å². The van der Waals surface area contributed by atoms with E-state index in [-0.39, 0.29) is 0 Å². The molecule has 0 unspecified atom stereocenters. The van der Waals surface area contributed by atoms with E-state index in [1.54, 1.807) is 0 Å². The van der Waals surface area contributed by atoms with E-state index in [2.05, 4.69) is 45.1 Å². The van der Waals surface area contributed by atoms with Crippen LogP contribution < -0.4 is 10.6 Å². The minimum Gasteiger partial charge on any atom is -0.365 e. The Kier molecular flexibility index (Phi) is 2.68.